The molecule has 1 aromatic carbocycles. The van der Waals surface area contributed by atoms with E-state index in [4.69, 9.17) is 18.9 Å². The van der Waals surface area contributed by atoms with Crippen LogP contribution in [0.1, 0.15) is 142 Å². The fraction of sp³-hybridized carbons (Fsp3) is 0.837. The minimum absolute atomic E-state index is 0.157. The van der Waals surface area contributed by atoms with E-state index in [-0.39, 0.29) is 13.1 Å². The summed E-state index contributed by atoms with van der Waals surface area (Å²) in [6, 6.07) is 7.01. The third-order valence-corrected chi connectivity index (χ3v) is 11.6. The van der Waals surface area contributed by atoms with Gasteiger partial charge in [-0.05, 0) is 25.0 Å². The second kappa shape index (κ2) is 25.5. The van der Waals surface area contributed by atoms with Crippen molar-refractivity contribution in [1.82, 2.24) is 9.13 Å². The van der Waals surface area contributed by atoms with Crippen molar-refractivity contribution < 1.29 is 49.6 Å². The first-order valence-electron chi connectivity index (χ1n) is 22.0. The van der Waals surface area contributed by atoms with Crippen molar-refractivity contribution in [2.24, 2.45) is 0 Å². The molecule has 0 amide bonds. The Morgan fingerprint density at radius 3 is 1.16 bits per heavy atom. The van der Waals surface area contributed by atoms with Gasteiger partial charge in [-0.3, -0.25) is 9.13 Å². The number of aliphatic hydroxyl groups excluding tert-OH is 6. The summed E-state index contributed by atoms with van der Waals surface area (Å²) in [5.74, 6) is 0. The van der Waals surface area contributed by atoms with Crippen LogP contribution in [0.4, 0.5) is 0 Å². The summed E-state index contributed by atoms with van der Waals surface area (Å²) in [5, 5.41) is 65.2. The van der Waals surface area contributed by atoms with E-state index in [2.05, 4.69) is 13.8 Å². The summed E-state index contributed by atoms with van der Waals surface area (Å²) in [4.78, 5) is 14.0. The summed E-state index contributed by atoms with van der Waals surface area (Å²) >= 11 is 0. The quantitative estimate of drug-likeness (QED) is 0.0615. The highest BCUT2D eigenvalue weighted by molar-refractivity contribution is 5.76. The molecule has 0 saturated carbocycles. The number of hydrogen-bond donors (Lipinski definition) is 6. The molecule has 13 nitrogen and oxygen atoms in total. The van der Waals surface area contributed by atoms with Gasteiger partial charge in [0.25, 0.3) is 0 Å². The molecule has 2 aromatic rings. The molecule has 322 valence electrons. The molecule has 2 saturated heterocycles. The smallest absolute Gasteiger partial charge is 0.329 e. The van der Waals surface area contributed by atoms with Crippen molar-refractivity contribution in [3.05, 3.63) is 34.7 Å². The topological polar surface area (TPSA) is 185 Å². The Morgan fingerprint density at radius 1 is 0.500 bits per heavy atom. The molecular weight excluding hydrogens is 720 g/mol. The van der Waals surface area contributed by atoms with Gasteiger partial charge in [0.15, 0.2) is 12.6 Å². The molecule has 0 radical (unpaired) electrons. The lowest BCUT2D eigenvalue weighted by Crippen LogP contribution is -2.60. The maximum Gasteiger partial charge on any atom is 0.329 e. The normalized spacial score (nSPS) is 28.4. The summed E-state index contributed by atoms with van der Waals surface area (Å²) in [6.07, 6.45) is 9.95. The number of imidazole rings is 1. The third-order valence-electron chi connectivity index (χ3n) is 11.6. The molecule has 13 heteroatoms. The van der Waals surface area contributed by atoms with Crippen molar-refractivity contribution in [3.8, 4) is 0 Å². The average Bonchev–Trinajstić information content (AvgIpc) is 3.45. The molecule has 3 heterocycles. The molecule has 56 heavy (non-hydrogen) atoms. The van der Waals surface area contributed by atoms with Crippen LogP contribution >= 0.6 is 0 Å². The number of aromatic nitrogens is 2. The number of hydrogen-bond acceptors (Lipinski definition) is 11. The van der Waals surface area contributed by atoms with E-state index < -0.39 is 67.1 Å². The van der Waals surface area contributed by atoms with Gasteiger partial charge in [-0.2, -0.15) is 0 Å². The van der Waals surface area contributed by atoms with Gasteiger partial charge < -0.3 is 49.6 Å². The lowest BCUT2D eigenvalue weighted by Gasteiger charge is -2.40. The highest BCUT2D eigenvalue weighted by Gasteiger charge is 2.46. The van der Waals surface area contributed by atoms with Gasteiger partial charge in [0, 0.05) is 13.2 Å². The van der Waals surface area contributed by atoms with Gasteiger partial charge >= 0.3 is 5.69 Å². The highest BCUT2D eigenvalue weighted by Crippen LogP contribution is 2.28. The fourth-order valence-corrected chi connectivity index (χ4v) is 8.13. The number of nitrogens with zero attached hydrogens (tertiary/aromatic N) is 2. The number of benzene rings is 1. The number of aliphatic hydroxyl groups is 6. The van der Waals surface area contributed by atoms with Gasteiger partial charge in [-0.15, -0.1) is 0 Å². The van der Waals surface area contributed by atoms with Crippen LogP contribution in [-0.4, -0.2) is 114 Å². The monoisotopic (exact) mass is 795 g/mol. The Morgan fingerprint density at radius 2 is 0.821 bits per heavy atom. The predicted octanol–water partition coefficient (Wildman–Crippen LogP) is 5.29. The Balaban J connectivity index is 1.31. The number of fused-ring (bicyclic) bond motifs is 1. The molecule has 6 N–H and O–H groups in total. The van der Waals surface area contributed by atoms with Crippen molar-refractivity contribution in [1.29, 1.82) is 0 Å². The van der Waals surface area contributed by atoms with E-state index >= 15 is 0 Å². The van der Waals surface area contributed by atoms with Crippen LogP contribution in [0.3, 0.4) is 0 Å². The molecular formula is C43H74N2O11. The molecule has 2 aliphatic rings. The molecule has 0 unspecified atom stereocenters. The summed E-state index contributed by atoms with van der Waals surface area (Å²) < 4.78 is 25.9. The minimum atomic E-state index is -1.62. The second-order valence-corrected chi connectivity index (χ2v) is 16.1. The van der Waals surface area contributed by atoms with Crippen molar-refractivity contribution >= 4 is 11.0 Å². The van der Waals surface area contributed by atoms with E-state index in [9.17, 15) is 35.4 Å². The van der Waals surface area contributed by atoms with E-state index in [1.54, 1.807) is 24.3 Å². The zero-order valence-corrected chi connectivity index (χ0v) is 34.2. The molecule has 2 fully saturated rings. The van der Waals surface area contributed by atoms with Crippen molar-refractivity contribution in [3.63, 3.8) is 0 Å². The van der Waals surface area contributed by atoms with Gasteiger partial charge in [0.05, 0.1) is 24.1 Å². The van der Waals surface area contributed by atoms with E-state index in [0.29, 0.717) is 24.2 Å². The molecule has 10 atom stereocenters. The predicted molar refractivity (Wildman–Crippen MR) is 215 cm³/mol. The Hall–Kier alpha value is -1.91. The maximum atomic E-state index is 14.0. The van der Waals surface area contributed by atoms with Crippen LogP contribution in [0.15, 0.2) is 29.1 Å². The zero-order valence-electron chi connectivity index (χ0n) is 34.2. The van der Waals surface area contributed by atoms with Crippen molar-refractivity contribution in [2.75, 3.05) is 13.2 Å². The summed E-state index contributed by atoms with van der Waals surface area (Å²) in [7, 11) is 0. The Kier molecular flexibility index (Phi) is 21.3. The maximum absolute atomic E-state index is 14.0. The highest BCUT2D eigenvalue weighted by atomic mass is 16.7. The zero-order chi connectivity index (χ0) is 40.3. The van der Waals surface area contributed by atoms with Gasteiger partial charge in [-0.1, -0.05) is 142 Å². The summed E-state index contributed by atoms with van der Waals surface area (Å²) in [5.41, 5.74) is 0.525. The van der Waals surface area contributed by atoms with Crippen molar-refractivity contribution in [2.45, 2.75) is 217 Å². The number of rotatable bonds is 28. The van der Waals surface area contributed by atoms with Gasteiger partial charge in [0.2, 0.25) is 0 Å². The largest absolute Gasteiger partial charge is 0.388 e. The summed E-state index contributed by atoms with van der Waals surface area (Å²) in [6.45, 7) is 4.74. The van der Waals surface area contributed by atoms with Crippen LogP contribution in [0.5, 0.6) is 0 Å². The first-order chi connectivity index (χ1) is 27.2. The standard InChI is InChI=1S/C43H74N2O11/c1-3-5-7-9-11-13-15-17-19-23-27-53-39-35(46)33(55-41(50)37(39)48)29-44-31-25-21-22-26-32(31)45(43(44)52)30-34-36(47)40(38(49)42(51)56-34)54-28-24-20-18-16-14-12-10-8-6-4-2/h21-22,25-26,33-42,46-51H,3-20,23-24,27-30H2,1-2H3/t33-,34-,35-,36-,37-,38-,39+,40+,41-,42-/m1/s1. The van der Waals surface area contributed by atoms with Gasteiger partial charge in [0.1, 0.15) is 48.8 Å². The number of unbranched alkanes of at least 4 members (excludes halogenated alkanes) is 18. The minimum Gasteiger partial charge on any atom is -0.388 e. The molecule has 0 bridgehead atoms. The Bertz CT molecular complexity index is 1300. The molecule has 4 rings (SSSR count). The first kappa shape index (κ1) is 46.8. The fourth-order valence-electron chi connectivity index (χ4n) is 8.13. The van der Waals surface area contributed by atoms with Gasteiger partial charge in [-0.25, -0.2) is 4.79 Å². The van der Waals surface area contributed by atoms with Crippen LogP contribution in [0.25, 0.3) is 11.0 Å². The van der Waals surface area contributed by atoms with E-state index in [1.807, 2.05) is 0 Å². The van der Waals surface area contributed by atoms with Crippen LogP contribution in [0, 0.1) is 0 Å². The average molecular weight is 795 g/mol. The lowest BCUT2D eigenvalue weighted by molar-refractivity contribution is -0.292. The van der Waals surface area contributed by atoms with E-state index in [1.165, 1.54) is 99.0 Å². The third kappa shape index (κ3) is 13.8. The second-order valence-electron chi connectivity index (χ2n) is 16.1. The first-order valence-corrected chi connectivity index (χ1v) is 22.0. The van der Waals surface area contributed by atoms with E-state index in [0.717, 1.165) is 38.5 Å². The molecule has 1 aromatic heterocycles. The molecule has 0 spiro atoms. The molecule has 2 aliphatic heterocycles. The number of para-hydroxylation sites is 2. The van der Waals surface area contributed by atoms with Crippen LogP contribution in [-0.2, 0) is 32.0 Å². The van der Waals surface area contributed by atoms with Crippen LogP contribution in [0.2, 0.25) is 0 Å². The number of ether oxygens (including phenoxy) is 4. The lowest BCUT2D eigenvalue weighted by atomic mass is 9.98. The molecule has 0 aliphatic carbocycles. The van der Waals surface area contributed by atoms with Crippen LogP contribution < -0.4 is 5.69 Å². The SMILES string of the molecule is CCCCCCCCCCCCO[C@@H]1[C@@H](O)[C@H](O)O[C@H](Cn2c(=O)n(C[C@H]3O[C@@H](O)[C@H](O)[C@@H](OCCCCCCCCCCCC)[C@@H]3O)c3ccccc32)[C@H]1O. The Labute approximate surface area is 333 Å².